The number of likely N-dealkylation sites (tertiary alicyclic amines) is 1. The molecule has 0 saturated carbocycles. The molecule has 0 unspecified atom stereocenters. The third-order valence-corrected chi connectivity index (χ3v) is 5.27. The van der Waals surface area contributed by atoms with Crippen molar-refractivity contribution in [1.82, 2.24) is 19.8 Å². The summed E-state index contributed by atoms with van der Waals surface area (Å²) in [6.45, 7) is 7.36. The lowest BCUT2D eigenvalue weighted by Gasteiger charge is -2.38. The maximum atomic E-state index is 12.5. The molecule has 1 amide bonds. The molecule has 2 saturated heterocycles. The van der Waals surface area contributed by atoms with Crippen molar-refractivity contribution >= 4 is 5.91 Å². The van der Waals surface area contributed by atoms with Gasteiger partial charge in [0, 0.05) is 25.3 Å². The number of piperidine rings is 1. The molecular weight excluding hydrogens is 292 g/mol. The zero-order chi connectivity index (χ0) is 16.4. The van der Waals surface area contributed by atoms with E-state index in [0.29, 0.717) is 11.7 Å². The Morgan fingerprint density at radius 2 is 2.13 bits per heavy atom. The number of carbonyl (C=O) groups excluding carboxylic acids is 1. The highest BCUT2D eigenvalue weighted by Crippen LogP contribution is 2.37. The molecule has 0 aromatic carbocycles. The van der Waals surface area contributed by atoms with E-state index in [1.165, 1.54) is 0 Å². The second-order valence-electron chi connectivity index (χ2n) is 6.76. The summed E-state index contributed by atoms with van der Waals surface area (Å²) in [5.41, 5.74) is 1.22. The lowest BCUT2D eigenvalue weighted by molar-refractivity contribution is -0.0393. The van der Waals surface area contributed by atoms with Crippen molar-refractivity contribution in [3.05, 3.63) is 23.8 Å². The molecule has 0 aliphatic carbocycles. The minimum Gasteiger partial charge on any atom is -0.373 e. The standard InChI is InChI=1S/C17H26N4O2/c1-4-20(3)14-9-17(23-12-14)5-7-21(8-6-17)16(22)15-11-18-13(2)10-19-15/h10-11,14H,4-9,12H2,1-3H3/t14-/m1/s1. The molecule has 1 spiro atoms. The van der Waals surface area contributed by atoms with E-state index in [0.717, 1.165) is 51.2 Å². The fourth-order valence-corrected chi connectivity index (χ4v) is 3.49. The van der Waals surface area contributed by atoms with Gasteiger partial charge in [-0.05, 0) is 39.8 Å². The van der Waals surface area contributed by atoms with E-state index in [1.807, 2.05) is 11.8 Å². The van der Waals surface area contributed by atoms with Crippen LogP contribution in [-0.2, 0) is 4.74 Å². The zero-order valence-corrected chi connectivity index (χ0v) is 14.3. The van der Waals surface area contributed by atoms with Gasteiger partial charge < -0.3 is 14.5 Å². The summed E-state index contributed by atoms with van der Waals surface area (Å²) in [5, 5.41) is 0. The van der Waals surface area contributed by atoms with Gasteiger partial charge in [0.05, 0.1) is 24.1 Å². The number of nitrogens with zero attached hydrogens (tertiary/aromatic N) is 4. The highest BCUT2D eigenvalue weighted by molar-refractivity contribution is 5.92. The Morgan fingerprint density at radius 3 is 2.74 bits per heavy atom. The molecule has 1 atom stereocenters. The number of likely N-dealkylation sites (N-methyl/N-ethyl adjacent to an activating group) is 1. The molecule has 3 heterocycles. The van der Waals surface area contributed by atoms with Crippen LogP contribution in [0.5, 0.6) is 0 Å². The highest BCUT2D eigenvalue weighted by atomic mass is 16.5. The molecule has 1 aromatic heterocycles. The largest absolute Gasteiger partial charge is 0.373 e. The average Bonchev–Trinajstić information content (AvgIpc) is 2.99. The van der Waals surface area contributed by atoms with Gasteiger partial charge in [0.2, 0.25) is 0 Å². The van der Waals surface area contributed by atoms with Gasteiger partial charge in [0.15, 0.2) is 0 Å². The van der Waals surface area contributed by atoms with Crippen LogP contribution in [0.2, 0.25) is 0 Å². The molecule has 0 N–H and O–H groups in total. The van der Waals surface area contributed by atoms with Crippen molar-refractivity contribution in [2.45, 2.75) is 44.8 Å². The van der Waals surface area contributed by atoms with Crippen LogP contribution in [-0.4, -0.2) is 70.6 Å². The number of amides is 1. The Hall–Kier alpha value is -1.53. The number of aromatic nitrogens is 2. The van der Waals surface area contributed by atoms with Crippen LogP contribution in [0.25, 0.3) is 0 Å². The normalized spacial score (nSPS) is 23.7. The Bertz CT molecular complexity index is 552. The number of carbonyl (C=O) groups is 1. The van der Waals surface area contributed by atoms with E-state index in [4.69, 9.17) is 4.74 Å². The SMILES string of the molecule is CCN(C)[C@H]1COC2(CCN(C(=O)c3cnc(C)cn3)CC2)C1. The first-order chi connectivity index (χ1) is 11.0. The second-order valence-corrected chi connectivity index (χ2v) is 6.76. The van der Waals surface area contributed by atoms with Crippen LogP contribution in [0, 0.1) is 6.92 Å². The molecule has 23 heavy (non-hydrogen) atoms. The molecule has 0 bridgehead atoms. The first kappa shape index (κ1) is 16.3. The molecule has 2 fully saturated rings. The fraction of sp³-hybridized carbons (Fsp3) is 0.706. The van der Waals surface area contributed by atoms with Crippen LogP contribution in [0.15, 0.2) is 12.4 Å². The Balaban J connectivity index is 1.58. The van der Waals surface area contributed by atoms with Gasteiger partial charge in [0.1, 0.15) is 5.69 Å². The monoisotopic (exact) mass is 318 g/mol. The Kier molecular flexibility index (Phi) is 4.64. The van der Waals surface area contributed by atoms with Crippen molar-refractivity contribution in [3.63, 3.8) is 0 Å². The highest BCUT2D eigenvalue weighted by Gasteiger charge is 2.44. The predicted molar refractivity (Wildman–Crippen MR) is 87.3 cm³/mol. The molecule has 6 nitrogen and oxygen atoms in total. The summed E-state index contributed by atoms with van der Waals surface area (Å²) < 4.78 is 6.16. The minimum atomic E-state index is -0.0379. The van der Waals surface area contributed by atoms with Gasteiger partial charge >= 0.3 is 0 Å². The predicted octanol–water partition coefficient (Wildman–Crippen LogP) is 1.50. The van der Waals surface area contributed by atoms with E-state index >= 15 is 0 Å². The van der Waals surface area contributed by atoms with Gasteiger partial charge in [-0.25, -0.2) is 4.98 Å². The molecule has 6 heteroatoms. The first-order valence-electron chi connectivity index (χ1n) is 8.45. The molecule has 2 aliphatic rings. The quantitative estimate of drug-likeness (QED) is 0.845. The third kappa shape index (κ3) is 3.38. The summed E-state index contributed by atoms with van der Waals surface area (Å²) in [6, 6.07) is 0.505. The summed E-state index contributed by atoms with van der Waals surface area (Å²) >= 11 is 0. The van der Waals surface area contributed by atoms with E-state index < -0.39 is 0 Å². The van der Waals surface area contributed by atoms with E-state index in [-0.39, 0.29) is 11.5 Å². The molecule has 3 rings (SSSR count). The van der Waals surface area contributed by atoms with E-state index in [9.17, 15) is 4.79 Å². The van der Waals surface area contributed by atoms with Crippen LogP contribution >= 0.6 is 0 Å². The number of ether oxygens (including phenoxy) is 1. The van der Waals surface area contributed by atoms with Crippen molar-refractivity contribution in [3.8, 4) is 0 Å². The lowest BCUT2D eigenvalue weighted by atomic mass is 9.87. The van der Waals surface area contributed by atoms with Gasteiger partial charge in [0.25, 0.3) is 5.91 Å². The molecule has 2 aliphatic heterocycles. The molecule has 126 valence electrons. The van der Waals surface area contributed by atoms with Crippen molar-refractivity contribution in [2.24, 2.45) is 0 Å². The van der Waals surface area contributed by atoms with Gasteiger partial charge in [-0.1, -0.05) is 6.92 Å². The van der Waals surface area contributed by atoms with Crippen molar-refractivity contribution in [1.29, 1.82) is 0 Å². The fourth-order valence-electron chi connectivity index (χ4n) is 3.49. The van der Waals surface area contributed by atoms with Crippen LogP contribution < -0.4 is 0 Å². The van der Waals surface area contributed by atoms with Gasteiger partial charge in [-0.2, -0.15) is 0 Å². The van der Waals surface area contributed by atoms with Gasteiger partial charge in [-0.3, -0.25) is 9.78 Å². The maximum Gasteiger partial charge on any atom is 0.274 e. The van der Waals surface area contributed by atoms with Crippen molar-refractivity contribution < 1.29 is 9.53 Å². The number of rotatable bonds is 3. The van der Waals surface area contributed by atoms with Crippen LogP contribution in [0.1, 0.15) is 42.4 Å². The summed E-state index contributed by atoms with van der Waals surface area (Å²) in [6.07, 6.45) is 6.10. The lowest BCUT2D eigenvalue weighted by Crippen LogP contribution is -2.47. The van der Waals surface area contributed by atoms with E-state index in [1.54, 1.807) is 12.4 Å². The number of aryl methyl sites for hydroxylation is 1. The Morgan fingerprint density at radius 1 is 1.39 bits per heavy atom. The van der Waals surface area contributed by atoms with Gasteiger partial charge in [-0.15, -0.1) is 0 Å². The topological polar surface area (TPSA) is 58.6 Å². The molecule has 0 radical (unpaired) electrons. The van der Waals surface area contributed by atoms with Crippen LogP contribution in [0.4, 0.5) is 0 Å². The van der Waals surface area contributed by atoms with Crippen molar-refractivity contribution in [2.75, 3.05) is 33.3 Å². The maximum absolute atomic E-state index is 12.5. The van der Waals surface area contributed by atoms with E-state index in [2.05, 4.69) is 28.8 Å². The second kappa shape index (κ2) is 6.53. The first-order valence-corrected chi connectivity index (χ1v) is 8.45. The van der Waals surface area contributed by atoms with Crippen LogP contribution in [0.3, 0.4) is 0 Å². The number of hydrogen-bond donors (Lipinski definition) is 0. The minimum absolute atomic E-state index is 0.0208. The Labute approximate surface area is 137 Å². The average molecular weight is 318 g/mol. The number of hydrogen-bond acceptors (Lipinski definition) is 5. The molecule has 1 aromatic rings. The molecular formula is C17H26N4O2. The summed E-state index contributed by atoms with van der Waals surface area (Å²) in [7, 11) is 2.15. The zero-order valence-electron chi connectivity index (χ0n) is 14.3. The summed E-state index contributed by atoms with van der Waals surface area (Å²) in [4.78, 5) is 25.1. The smallest absolute Gasteiger partial charge is 0.274 e. The third-order valence-electron chi connectivity index (χ3n) is 5.27. The summed E-state index contributed by atoms with van der Waals surface area (Å²) in [5.74, 6) is -0.0208.